The molecule has 3 rings (SSSR count). The number of esters is 3. The van der Waals surface area contributed by atoms with Crippen molar-refractivity contribution < 1.29 is 46.9 Å². The van der Waals surface area contributed by atoms with Gasteiger partial charge in [0.2, 0.25) is 0 Å². The minimum absolute atomic E-state index is 0.147. The number of benzene rings is 1. The number of nitrogens with zero attached hydrogens (tertiary/aromatic N) is 3. The molecular formula is C29H40N5O10P. The highest BCUT2D eigenvalue weighted by molar-refractivity contribution is 7.52. The number of hydrogen-bond donors (Lipinski definition) is 2. The van der Waals surface area contributed by atoms with E-state index in [9.17, 15) is 18.9 Å². The highest BCUT2D eigenvalue weighted by Crippen LogP contribution is 2.49. The second-order valence-corrected chi connectivity index (χ2v) is 12.4. The van der Waals surface area contributed by atoms with E-state index in [1.54, 1.807) is 56.3 Å². The Bertz CT molecular complexity index is 1460. The summed E-state index contributed by atoms with van der Waals surface area (Å²) in [6.07, 6.45) is -4.01. The largest absolute Gasteiger partial charge is 0.462 e. The van der Waals surface area contributed by atoms with Crippen molar-refractivity contribution in [1.29, 1.82) is 0 Å². The summed E-state index contributed by atoms with van der Waals surface area (Å²) in [6, 6.07) is 10.3. The van der Waals surface area contributed by atoms with Gasteiger partial charge in [0.25, 0.3) is 0 Å². The van der Waals surface area contributed by atoms with Crippen molar-refractivity contribution in [3.63, 3.8) is 0 Å². The Morgan fingerprint density at radius 3 is 2.31 bits per heavy atom. The molecule has 3 N–H and O–H groups in total. The molecule has 2 aromatic rings. The summed E-state index contributed by atoms with van der Waals surface area (Å²) in [5, 5.41) is 6.63. The maximum absolute atomic E-state index is 14.2. The Labute approximate surface area is 261 Å². The van der Waals surface area contributed by atoms with Crippen molar-refractivity contribution in [2.75, 3.05) is 13.7 Å². The van der Waals surface area contributed by atoms with E-state index in [-0.39, 0.29) is 11.6 Å². The Kier molecular flexibility index (Phi) is 11.7. The standard InChI is InChI=1S/C29H40N5O10P/c1-17(2)40-28(37)18(3)33-45(38,44-21-12-10-9-11-13-21)39-16-29(6)26(42-20(5)36)25(41-19(4)35)24(43-29)22-14-15-23(27(30)31-7)34(22)32-8/h9-15,17-18,24-26H,8,16H2,1-7H3,(H2,30,31)(H,33,38)/t18-,24-,25-,26-,29+,45-/m0/s1. The molecule has 0 bridgehead atoms. The van der Waals surface area contributed by atoms with Gasteiger partial charge < -0.3 is 29.2 Å². The molecule has 6 atom stereocenters. The van der Waals surface area contributed by atoms with Gasteiger partial charge >= 0.3 is 25.7 Å². The number of amidine groups is 1. The first kappa shape index (κ1) is 35.4. The first-order valence-electron chi connectivity index (χ1n) is 14.0. The second-order valence-electron chi connectivity index (χ2n) is 10.7. The molecule has 45 heavy (non-hydrogen) atoms. The van der Waals surface area contributed by atoms with E-state index in [4.69, 9.17) is 33.7 Å². The van der Waals surface area contributed by atoms with Gasteiger partial charge in [0, 0.05) is 27.6 Å². The number of carbonyl (C=O) groups excluding carboxylic acids is 3. The van der Waals surface area contributed by atoms with Crippen LogP contribution in [0.1, 0.15) is 59.0 Å². The van der Waals surface area contributed by atoms with Gasteiger partial charge in [-0.1, -0.05) is 18.2 Å². The predicted octanol–water partition coefficient (Wildman–Crippen LogP) is 3.11. The average molecular weight is 650 g/mol. The van der Waals surface area contributed by atoms with Crippen molar-refractivity contribution in [3.8, 4) is 5.75 Å². The lowest BCUT2D eigenvalue weighted by molar-refractivity contribution is -0.169. The van der Waals surface area contributed by atoms with Crippen LogP contribution in [0.3, 0.4) is 0 Å². The summed E-state index contributed by atoms with van der Waals surface area (Å²) in [5.41, 5.74) is 5.15. The molecule has 0 unspecified atom stereocenters. The number of nitrogens with one attached hydrogen (secondary N) is 1. The number of aliphatic imine (C=N–C) groups is 1. The molecule has 2 heterocycles. The topological polar surface area (TPSA) is 191 Å². The van der Waals surface area contributed by atoms with Crippen LogP contribution in [0.2, 0.25) is 0 Å². The van der Waals surface area contributed by atoms with Crippen molar-refractivity contribution in [1.82, 2.24) is 9.76 Å². The Hall–Kier alpha value is -4.04. The van der Waals surface area contributed by atoms with Crippen LogP contribution in [-0.2, 0) is 42.4 Å². The molecule has 1 aliphatic rings. The van der Waals surface area contributed by atoms with Crippen LogP contribution >= 0.6 is 7.75 Å². The number of para-hydroxylation sites is 1. The van der Waals surface area contributed by atoms with E-state index in [0.717, 1.165) is 0 Å². The fourth-order valence-electron chi connectivity index (χ4n) is 4.63. The third kappa shape index (κ3) is 8.78. The third-order valence-electron chi connectivity index (χ3n) is 6.56. The summed E-state index contributed by atoms with van der Waals surface area (Å²) in [5.74, 6) is -1.76. The molecule has 0 radical (unpaired) electrons. The molecule has 0 amide bonds. The van der Waals surface area contributed by atoms with Gasteiger partial charge in [0.05, 0.1) is 18.4 Å². The Morgan fingerprint density at radius 1 is 1.11 bits per heavy atom. The molecule has 0 spiro atoms. The number of aromatic nitrogens is 1. The fourth-order valence-corrected chi connectivity index (χ4v) is 6.22. The Morgan fingerprint density at radius 2 is 1.76 bits per heavy atom. The van der Waals surface area contributed by atoms with E-state index in [2.05, 4.69) is 21.9 Å². The van der Waals surface area contributed by atoms with Crippen LogP contribution in [-0.4, -0.2) is 78.7 Å². The van der Waals surface area contributed by atoms with Gasteiger partial charge in [-0.25, -0.2) is 9.24 Å². The summed E-state index contributed by atoms with van der Waals surface area (Å²) in [4.78, 5) is 41.1. The van der Waals surface area contributed by atoms with Crippen LogP contribution in [0, 0.1) is 0 Å². The van der Waals surface area contributed by atoms with E-state index in [1.807, 2.05) is 0 Å². The minimum atomic E-state index is -4.36. The average Bonchev–Trinajstić information content (AvgIpc) is 3.50. The molecule has 0 aliphatic carbocycles. The maximum Gasteiger partial charge on any atom is 0.459 e. The molecule has 1 aromatic heterocycles. The molecule has 1 aromatic carbocycles. The molecule has 246 valence electrons. The van der Waals surface area contributed by atoms with Crippen molar-refractivity contribution in [2.24, 2.45) is 15.8 Å². The Balaban J connectivity index is 2.03. The first-order valence-corrected chi connectivity index (χ1v) is 15.6. The van der Waals surface area contributed by atoms with E-state index >= 15 is 0 Å². The van der Waals surface area contributed by atoms with Crippen LogP contribution < -0.4 is 15.3 Å². The minimum Gasteiger partial charge on any atom is -0.462 e. The van der Waals surface area contributed by atoms with Crippen LogP contribution in [0.15, 0.2) is 52.6 Å². The first-order chi connectivity index (χ1) is 21.1. The SMILES string of the molecule is C=Nn1c(/C(N)=N\C)ccc1[C@@H]1O[C@](C)(CO[P@@](=O)(N[C@@H](C)C(=O)OC(C)C)Oc2ccccc2)[C@@H](OC(C)=O)[C@H]1OC(C)=O. The summed E-state index contributed by atoms with van der Waals surface area (Å²) < 4.78 is 50.1. The quantitative estimate of drug-likeness (QED) is 0.100. The maximum atomic E-state index is 14.2. The smallest absolute Gasteiger partial charge is 0.459 e. The van der Waals surface area contributed by atoms with Gasteiger partial charge in [-0.2, -0.15) is 10.2 Å². The third-order valence-corrected chi connectivity index (χ3v) is 8.18. The van der Waals surface area contributed by atoms with Crippen molar-refractivity contribution in [3.05, 3.63) is 53.9 Å². The van der Waals surface area contributed by atoms with E-state index in [1.165, 1.54) is 39.4 Å². The number of ether oxygens (including phenoxy) is 4. The van der Waals surface area contributed by atoms with Gasteiger partial charge in [0.15, 0.2) is 12.2 Å². The summed E-state index contributed by atoms with van der Waals surface area (Å²) >= 11 is 0. The number of nitrogens with two attached hydrogens (primary N) is 1. The highest BCUT2D eigenvalue weighted by atomic mass is 31.2. The summed E-state index contributed by atoms with van der Waals surface area (Å²) in [6.45, 7) is 11.8. The molecule has 1 aliphatic heterocycles. The molecule has 15 nitrogen and oxygen atoms in total. The van der Waals surface area contributed by atoms with E-state index in [0.29, 0.717) is 11.4 Å². The molecule has 1 saturated heterocycles. The van der Waals surface area contributed by atoms with Crippen molar-refractivity contribution >= 4 is 38.2 Å². The van der Waals surface area contributed by atoms with Gasteiger partial charge in [-0.15, -0.1) is 0 Å². The number of hydrogen-bond acceptors (Lipinski definition) is 12. The van der Waals surface area contributed by atoms with Crippen LogP contribution in [0.5, 0.6) is 5.75 Å². The molecule has 0 saturated carbocycles. The number of carbonyl (C=O) groups is 3. The highest BCUT2D eigenvalue weighted by Gasteiger charge is 2.59. The lowest BCUT2D eigenvalue weighted by Gasteiger charge is -2.32. The normalized spacial score (nSPS) is 23.6. The zero-order valence-corrected chi connectivity index (χ0v) is 27.2. The fraction of sp³-hybridized carbons (Fsp3) is 0.483. The zero-order chi connectivity index (χ0) is 33.5. The van der Waals surface area contributed by atoms with Gasteiger partial charge in [-0.05, 0) is 52.0 Å². The second kappa shape index (κ2) is 14.8. The monoisotopic (exact) mass is 649 g/mol. The molecule has 16 heteroatoms. The van der Waals surface area contributed by atoms with Gasteiger partial charge in [-0.3, -0.25) is 23.9 Å². The lowest BCUT2D eigenvalue weighted by atomic mass is 9.96. The zero-order valence-electron chi connectivity index (χ0n) is 26.3. The predicted molar refractivity (Wildman–Crippen MR) is 164 cm³/mol. The van der Waals surface area contributed by atoms with Crippen molar-refractivity contribution in [2.45, 2.75) is 77.6 Å². The number of rotatable bonds is 14. The lowest BCUT2D eigenvalue weighted by Crippen LogP contribution is -2.48. The van der Waals surface area contributed by atoms with Crippen LogP contribution in [0.4, 0.5) is 0 Å². The molecule has 1 fully saturated rings. The molecular weight excluding hydrogens is 609 g/mol. The van der Waals surface area contributed by atoms with E-state index < -0.39 is 68.3 Å². The van der Waals surface area contributed by atoms with Gasteiger partial charge in [0.1, 0.15) is 35.0 Å². The van der Waals surface area contributed by atoms with Crippen LogP contribution in [0.25, 0.3) is 0 Å². The summed E-state index contributed by atoms with van der Waals surface area (Å²) in [7, 11) is -2.86.